The minimum atomic E-state index is -4.79. The molecular formula is C23H27F3N2O5. The van der Waals surface area contributed by atoms with Crippen LogP contribution in [-0.4, -0.2) is 59.7 Å². The number of esters is 1. The number of allylic oxidation sites excluding steroid dienone is 2. The summed E-state index contributed by atoms with van der Waals surface area (Å²) in [6.45, 7) is 3.46. The van der Waals surface area contributed by atoms with Crippen LogP contribution in [0, 0.1) is 0 Å². The summed E-state index contributed by atoms with van der Waals surface area (Å²) in [5, 5.41) is 11.0. The highest BCUT2D eigenvalue weighted by atomic mass is 19.4. The lowest BCUT2D eigenvalue weighted by molar-refractivity contribution is -0.274. The molecule has 180 valence electrons. The van der Waals surface area contributed by atoms with Crippen LogP contribution in [0.25, 0.3) is 5.57 Å². The molecule has 1 aromatic rings. The molecule has 1 aliphatic heterocycles. The summed E-state index contributed by atoms with van der Waals surface area (Å²) in [5.41, 5.74) is 3.35. The molecule has 0 saturated heterocycles. The van der Waals surface area contributed by atoms with Gasteiger partial charge in [0.05, 0.1) is 12.3 Å². The second kappa shape index (κ2) is 9.86. The van der Waals surface area contributed by atoms with Crippen LogP contribution in [0.5, 0.6) is 5.75 Å². The Morgan fingerprint density at radius 2 is 2.00 bits per heavy atom. The van der Waals surface area contributed by atoms with E-state index in [1.54, 1.807) is 20.0 Å². The van der Waals surface area contributed by atoms with Crippen molar-refractivity contribution in [3.63, 3.8) is 0 Å². The number of carbonyl (C=O) groups is 2. The van der Waals surface area contributed by atoms with Crippen LogP contribution in [0.2, 0.25) is 0 Å². The van der Waals surface area contributed by atoms with Gasteiger partial charge in [-0.05, 0) is 61.4 Å². The number of alkyl halides is 3. The maximum Gasteiger partial charge on any atom is 0.573 e. The molecule has 0 fully saturated rings. The highest BCUT2D eigenvalue weighted by molar-refractivity contribution is 5.83. The van der Waals surface area contributed by atoms with E-state index in [9.17, 15) is 27.9 Å². The van der Waals surface area contributed by atoms with Crippen molar-refractivity contribution in [1.82, 2.24) is 9.80 Å². The molecule has 0 saturated carbocycles. The van der Waals surface area contributed by atoms with E-state index in [0.717, 1.165) is 11.1 Å². The first kappa shape index (κ1) is 24.6. The van der Waals surface area contributed by atoms with Gasteiger partial charge in [-0.15, -0.1) is 13.2 Å². The lowest BCUT2D eigenvalue weighted by atomic mass is 9.95. The molecule has 0 spiro atoms. The first-order valence-electron chi connectivity index (χ1n) is 10.6. The number of aliphatic hydroxyl groups excluding tert-OH is 1. The van der Waals surface area contributed by atoms with E-state index >= 15 is 0 Å². The van der Waals surface area contributed by atoms with Crippen molar-refractivity contribution in [2.75, 3.05) is 20.2 Å². The van der Waals surface area contributed by atoms with Crippen LogP contribution in [0.1, 0.15) is 45.1 Å². The van der Waals surface area contributed by atoms with Gasteiger partial charge in [0.15, 0.2) is 6.23 Å². The number of hydrogen-bond donors (Lipinski definition) is 1. The zero-order chi connectivity index (χ0) is 24.3. The summed E-state index contributed by atoms with van der Waals surface area (Å²) in [5.74, 6) is -0.727. The second-order valence-electron chi connectivity index (χ2n) is 8.01. The number of urea groups is 1. The number of hydrogen-bond acceptors (Lipinski definition) is 5. The highest BCUT2D eigenvalue weighted by Gasteiger charge is 2.38. The molecular weight excluding hydrogens is 441 g/mol. The minimum absolute atomic E-state index is 0.140. The predicted molar refractivity (Wildman–Crippen MR) is 114 cm³/mol. The van der Waals surface area contributed by atoms with Gasteiger partial charge in [-0.1, -0.05) is 12.1 Å². The van der Waals surface area contributed by atoms with E-state index in [0.29, 0.717) is 42.5 Å². The molecule has 1 atom stereocenters. The average Bonchev–Trinajstić information content (AvgIpc) is 2.89. The van der Waals surface area contributed by atoms with E-state index in [1.807, 2.05) is 0 Å². The topological polar surface area (TPSA) is 79.3 Å². The van der Waals surface area contributed by atoms with Crippen LogP contribution < -0.4 is 4.74 Å². The standard InChI is InChI=1S/C23H27F3N2O5/c1-14-18(16-7-4-8-17(13-16)33-23(24,25)26)9-5-10-19-20(14)27(3)22(31)28(21(19)30)11-6-12-32-15(2)29/h4,7-8,13,21,30H,5-6,9-12H2,1-3H3. The van der Waals surface area contributed by atoms with Crippen molar-refractivity contribution in [2.45, 2.75) is 52.1 Å². The molecule has 1 heterocycles. The van der Waals surface area contributed by atoms with Crippen LogP contribution >= 0.6 is 0 Å². The van der Waals surface area contributed by atoms with Crippen LogP contribution in [-0.2, 0) is 9.53 Å². The Labute approximate surface area is 190 Å². The summed E-state index contributed by atoms with van der Waals surface area (Å²) in [7, 11) is 1.61. The number of halogens is 3. The third-order valence-electron chi connectivity index (χ3n) is 5.72. The number of likely N-dealkylation sites (N-methyl/N-ethyl adjacent to an activating group) is 1. The number of amides is 2. The smallest absolute Gasteiger partial charge is 0.466 e. The monoisotopic (exact) mass is 468 g/mol. The third-order valence-corrected chi connectivity index (χ3v) is 5.72. The molecule has 10 heteroatoms. The number of rotatable bonds is 6. The van der Waals surface area contributed by atoms with Gasteiger partial charge in [0, 0.05) is 26.1 Å². The normalized spacial score (nSPS) is 19.5. The van der Waals surface area contributed by atoms with E-state index in [2.05, 4.69) is 4.74 Å². The van der Waals surface area contributed by atoms with Crippen LogP contribution in [0.4, 0.5) is 18.0 Å². The summed E-state index contributed by atoms with van der Waals surface area (Å²) < 4.78 is 46.9. The molecule has 1 aliphatic carbocycles. The predicted octanol–water partition coefficient (Wildman–Crippen LogP) is 4.44. The maximum atomic E-state index is 13.0. The number of carbonyl (C=O) groups excluding carboxylic acids is 2. The quantitative estimate of drug-likeness (QED) is 0.494. The molecule has 0 radical (unpaired) electrons. The molecule has 0 bridgehead atoms. The van der Waals surface area contributed by atoms with E-state index in [4.69, 9.17) is 4.74 Å². The SMILES string of the molecule is CC(=O)OCCCN1C(=O)N(C)C2=C(CCCC(c3cccc(OC(F)(F)F)c3)=C2C)C1O. The Bertz CT molecular complexity index is 987. The van der Waals surface area contributed by atoms with Crippen LogP contribution in [0.3, 0.4) is 0 Å². The van der Waals surface area contributed by atoms with Gasteiger partial charge in [0.25, 0.3) is 0 Å². The first-order chi connectivity index (χ1) is 15.5. The van der Waals surface area contributed by atoms with Crippen molar-refractivity contribution < 1.29 is 37.3 Å². The van der Waals surface area contributed by atoms with Gasteiger partial charge < -0.3 is 14.6 Å². The third kappa shape index (κ3) is 5.68. The molecule has 1 unspecified atom stereocenters. The summed E-state index contributed by atoms with van der Waals surface area (Å²) in [6.07, 6.45) is -3.80. The number of benzene rings is 1. The van der Waals surface area contributed by atoms with E-state index < -0.39 is 24.6 Å². The minimum Gasteiger partial charge on any atom is -0.466 e. The number of ether oxygens (including phenoxy) is 2. The van der Waals surface area contributed by atoms with Crippen LogP contribution in [0.15, 0.2) is 41.1 Å². The highest BCUT2D eigenvalue weighted by Crippen LogP contribution is 2.40. The number of nitrogens with zero attached hydrogens (tertiary/aromatic N) is 2. The van der Waals surface area contributed by atoms with Crippen molar-refractivity contribution in [3.8, 4) is 5.75 Å². The lowest BCUT2D eigenvalue weighted by Crippen LogP contribution is -2.52. The number of aliphatic hydroxyl groups is 1. The largest absolute Gasteiger partial charge is 0.573 e. The Morgan fingerprint density at radius 3 is 2.67 bits per heavy atom. The van der Waals surface area contributed by atoms with Gasteiger partial charge in [0.1, 0.15) is 5.75 Å². The van der Waals surface area contributed by atoms with Crippen molar-refractivity contribution in [3.05, 3.63) is 46.7 Å². The average molecular weight is 468 g/mol. The zero-order valence-corrected chi connectivity index (χ0v) is 18.7. The van der Waals surface area contributed by atoms with Gasteiger partial charge in [-0.3, -0.25) is 14.6 Å². The van der Waals surface area contributed by atoms with E-state index in [1.165, 1.54) is 34.9 Å². The Hall–Kier alpha value is -3.01. The van der Waals surface area contributed by atoms with Gasteiger partial charge in [0.2, 0.25) is 0 Å². The molecule has 3 rings (SSSR count). The van der Waals surface area contributed by atoms with Gasteiger partial charge in [-0.2, -0.15) is 0 Å². The van der Waals surface area contributed by atoms with Gasteiger partial charge in [-0.25, -0.2) is 4.79 Å². The summed E-state index contributed by atoms with van der Waals surface area (Å²) in [4.78, 5) is 26.7. The molecule has 2 aliphatic rings. The fourth-order valence-electron chi connectivity index (χ4n) is 4.36. The Kier molecular flexibility index (Phi) is 7.36. The Balaban J connectivity index is 1.92. The molecule has 1 aromatic carbocycles. The van der Waals surface area contributed by atoms with Crippen molar-refractivity contribution >= 4 is 17.6 Å². The second-order valence-corrected chi connectivity index (χ2v) is 8.01. The van der Waals surface area contributed by atoms with Gasteiger partial charge >= 0.3 is 18.4 Å². The fraction of sp³-hybridized carbons (Fsp3) is 0.478. The van der Waals surface area contributed by atoms with Crippen molar-refractivity contribution in [2.24, 2.45) is 0 Å². The summed E-state index contributed by atoms with van der Waals surface area (Å²) >= 11 is 0. The molecule has 1 N–H and O–H groups in total. The molecule has 0 aromatic heterocycles. The summed E-state index contributed by atoms with van der Waals surface area (Å²) in [6, 6.07) is 5.36. The van der Waals surface area contributed by atoms with E-state index in [-0.39, 0.29) is 18.9 Å². The maximum absolute atomic E-state index is 13.0. The molecule has 7 nitrogen and oxygen atoms in total. The molecule has 33 heavy (non-hydrogen) atoms. The zero-order valence-electron chi connectivity index (χ0n) is 18.7. The lowest BCUT2D eigenvalue weighted by Gasteiger charge is -2.40. The van der Waals surface area contributed by atoms with Crippen molar-refractivity contribution in [1.29, 1.82) is 0 Å². The Morgan fingerprint density at radius 1 is 1.27 bits per heavy atom. The fourth-order valence-corrected chi connectivity index (χ4v) is 4.36. The first-order valence-corrected chi connectivity index (χ1v) is 10.6. The molecule has 2 amide bonds.